The standard InChI is InChI=1S/C32H57N7O11/c1-3-24(2)5-4-10-33-27(41)8-9-28(42)35-12-11-34-26(40)7-6-25(32(49)50)39-19-17-37(22-30(45)46)15-13-36(21-29(43)44)14-16-38(18-20-39)23-31(47)48/h24-25H,3-23H2,1-2H3,(H,33,41)(H,34,40)(H,35,42)(H,43,44)(H,45,46)(H,47,48)(H,49,50). The lowest BCUT2D eigenvalue weighted by atomic mass is 10.0. The summed E-state index contributed by atoms with van der Waals surface area (Å²) in [6.07, 6.45) is 2.82. The Balaban J connectivity index is 2.69. The Hall–Kier alpha value is -3.87. The van der Waals surface area contributed by atoms with Crippen LogP contribution in [0.2, 0.25) is 0 Å². The van der Waals surface area contributed by atoms with E-state index in [2.05, 4.69) is 29.8 Å². The molecule has 0 spiro atoms. The van der Waals surface area contributed by atoms with E-state index in [9.17, 15) is 54.0 Å². The maximum absolute atomic E-state index is 12.6. The molecular formula is C32H57N7O11. The van der Waals surface area contributed by atoms with Crippen LogP contribution in [0.15, 0.2) is 0 Å². The van der Waals surface area contributed by atoms with Gasteiger partial charge in [0, 0.05) is 91.3 Å². The number of hydrogen-bond acceptors (Lipinski definition) is 11. The predicted octanol–water partition coefficient (Wildman–Crippen LogP) is -1.35. The van der Waals surface area contributed by atoms with Crippen molar-refractivity contribution < 1.29 is 54.0 Å². The summed E-state index contributed by atoms with van der Waals surface area (Å²) < 4.78 is 0. The quantitative estimate of drug-likeness (QED) is 0.0641. The van der Waals surface area contributed by atoms with Crippen LogP contribution in [0.4, 0.5) is 0 Å². The molecule has 0 aromatic rings. The molecule has 0 bridgehead atoms. The molecule has 1 rings (SSSR count). The number of hydrogen-bond donors (Lipinski definition) is 7. The van der Waals surface area contributed by atoms with E-state index in [1.165, 1.54) is 0 Å². The van der Waals surface area contributed by atoms with E-state index >= 15 is 0 Å². The van der Waals surface area contributed by atoms with E-state index in [1.807, 2.05) is 0 Å². The molecule has 1 aliphatic rings. The van der Waals surface area contributed by atoms with Crippen molar-refractivity contribution in [3.8, 4) is 0 Å². The minimum Gasteiger partial charge on any atom is -0.480 e. The number of carboxylic acid groups (broad SMARTS) is 4. The summed E-state index contributed by atoms with van der Waals surface area (Å²) in [6.45, 7) is 5.35. The topological polar surface area (TPSA) is 249 Å². The molecule has 0 radical (unpaired) electrons. The third kappa shape index (κ3) is 21.3. The second kappa shape index (κ2) is 25.1. The van der Waals surface area contributed by atoms with Crippen LogP contribution in [0.3, 0.4) is 0 Å². The lowest BCUT2D eigenvalue weighted by molar-refractivity contribution is -0.145. The van der Waals surface area contributed by atoms with Crippen molar-refractivity contribution >= 4 is 41.6 Å². The van der Waals surface area contributed by atoms with Crippen LogP contribution in [0.25, 0.3) is 0 Å². The minimum absolute atomic E-state index is 0.00957. The van der Waals surface area contributed by atoms with Crippen LogP contribution < -0.4 is 16.0 Å². The van der Waals surface area contributed by atoms with Gasteiger partial charge in [0.25, 0.3) is 0 Å². The molecule has 1 aliphatic heterocycles. The van der Waals surface area contributed by atoms with Gasteiger partial charge in [0.1, 0.15) is 6.04 Å². The monoisotopic (exact) mass is 715 g/mol. The number of aliphatic carboxylic acids is 4. The molecule has 0 aromatic heterocycles. The first-order valence-electron chi connectivity index (χ1n) is 17.3. The largest absolute Gasteiger partial charge is 0.480 e. The first kappa shape index (κ1) is 44.2. The summed E-state index contributed by atoms with van der Waals surface area (Å²) in [6, 6.07) is -1.13. The van der Waals surface area contributed by atoms with Gasteiger partial charge in [0.15, 0.2) is 0 Å². The molecule has 0 aromatic carbocycles. The molecule has 1 heterocycles. The summed E-state index contributed by atoms with van der Waals surface area (Å²) >= 11 is 0. The number of nitrogens with zero attached hydrogens (tertiary/aromatic N) is 4. The van der Waals surface area contributed by atoms with Crippen LogP contribution in [0, 0.1) is 5.92 Å². The SMILES string of the molecule is CCC(C)CCCNC(=O)CCC(=O)NCCNC(=O)CCC(C(=O)O)N1CCN(CC(=O)O)CCN(CC(=O)O)CCN(CC(=O)O)CC1. The number of carbonyl (C=O) groups is 7. The highest BCUT2D eigenvalue weighted by molar-refractivity contribution is 5.83. The molecule has 3 amide bonds. The number of nitrogens with one attached hydrogen (secondary N) is 3. The molecule has 50 heavy (non-hydrogen) atoms. The zero-order chi connectivity index (χ0) is 37.5. The normalized spacial score (nSPS) is 17.0. The van der Waals surface area contributed by atoms with Gasteiger partial charge in [-0.25, -0.2) is 0 Å². The van der Waals surface area contributed by atoms with Gasteiger partial charge in [0.05, 0.1) is 19.6 Å². The Morgan fingerprint density at radius 2 is 0.940 bits per heavy atom. The molecule has 286 valence electrons. The van der Waals surface area contributed by atoms with Gasteiger partial charge < -0.3 is 36.4 Å². The molecule has 2 unspecified atom stereocenters. The fourth-order valence-electron chi connectivity index (χ4n) is 5.42. The zero-order valence-electron chi connectivity index (χ0n) is 29.4. The summed E-state index contributed by atoms with van der Waals surface area (Å²) in [5, 5.41) is 46.3. The number of rotatable bonds is 22. The number of carbonyl (C=O) groups excluding carboxylic acids is 3. The minimum atomic E-state index is -1.20. The highest BCUT2D eigenvalue weighted by atomic mass is 16.4. The molecule has 0 saturated carbocycles. The Bertz CT molecular complexity index is 1080. The maximum Gasteiger partial charge on any atom is 0.320 e. The van der Waals surface area contributed by atoms with E-state index in [0.29, 0.717) is 12.5 Å². The molecule has 2 atom stereocenters. The third-order valence-electron chi connectivity index (χ3n) is 8.56. The average Bonchev–Trinajstić information content (AvgIpc) is 3.03. The summed E-state index contributed by atoms with van der Waals surface area (Å²) in [4.78, 5) is 89.8. The average molecular weight is 716 g/mol. The van der Waals surface area contributed by atoms with Crippen molar-refractivity contribution in [3.63, 3.8) is 0 Å². The summed E-state index contributed by atoms with van der Waals surface area (Å²) in [7, 11) is 0. The van der Waals surface area contributed by atoms with Gasteiger partial charge >= 0.3 is 23.9 Å². The Labute approximate surface area is 293 Å². The molecule has 18 nitrogen and oxygen atoms in total. The van der Waals surface area contributed by atoms with Crippen molar-refractivity contribution in [2.75, 3.05) is 91.6 Å². The van der Waals surface area contributed by atoms with Gasteiger partial charge in [-0.15, -0.1) is 0 Å². The molecular weight excluding hydrogens is 658 g/mol. The van der Waals surface area contributed by atoms with Crippen LogP contribution in [0.5, 0.6) is 0 Å². The fraction of sp³-hybridized carbons (Fsp3) is 0.781. The van der Waals surface area contributed by atoms with Crippen LogP contribution >= 0.6 is 0 Å². The van der Waals surface area contributed by atoms with Crippen LogP contribution in [-0.4, -0.2) is 179 Å². The van der Waals surface area contributed by atoms with E-state index in [1.54, 1.807) is 19.6 Å². The Kier molecular flexibility index (Phi) is 22.2. The van der Waals surface area contributed by atoms with Crippen LogP contribution in [0.1, 0.15) is 58.8 Å². The second-order valence-corrected chi connectivity index (χ2v) is 12.6. The first-order valence-corrected chi connectivity index (χ1v) is 17.3. The van der Waals surface area contributed by atoms with Crippen molar-refractivity contribution in [1.29, 1.82) is 0 Å². The predicted molar refractivity (Wildman–Crippen MR) is 181 cm³/mol. The zero-order valence-corrected chi connectivity index (χ0v) is 29.4. The molecule has 1 saturated heterocycles. The van der Waals surface area contributed by atoms with Gasteiger partial charge in [-0.2, -0.15) is 0 Å². The molecule has 18 heteroatoms. The summed E-state index contributed by atoms with van der Waals surface area (Å²) in [5.74, 6) is -4.84. The highest BCUT2D eigenvalue weighted by Crippen LogP contribution is 2.11. The van der Waals surface area contributed by atoms with Gasteiger partial charge in [0.2, 0.25) is 17.7 Å². The molecule has 0 aliphatic carbocycles. The molecule has 7 N–H and O–H groups in total. The van der Waals surface area contributed by atoms with Crippen molar-refractivity contribution in [2.24, 2.45) is 5.92 Å². The number of amides is 3. The highest BCUT2D eigenvalue weighted by Gasteiger charge is 2.28. The lowest BCUT2D eigenvalue weighted by Gasteiger charge is -2.35. The smallest absolute Gasteiger partial charge is 0.320 e. The van der Waals surface area contributed by atoms with Crippen molar-refractivity contribution in [3.05, 3.63) is 0 Å². The number of carboxylic acids is 4. The van der Waals surface area contributed by atoms with Crippen LogP contribution in [-0.2, 0) is 33.6 Å². The maximum atomic E-state index is 12.6. The second-order valence-electron chi connectivity index (χ2n) is 12.6. The van der Waals surface area contributed by atoms with E-state index in [4.69, 9.17) is 0 Å². The summed E-state index contributed by atoms with van der Waals surface area (Å²) in [5.41, 5.74) is 0. The van der Waals surface area contributed by atoms with Gasteiger partial charge in [-0.1, -0.05) is 20.3 Å². The Morgan fingerprint density at radius 3 is 1.32 bits per heavy atom. The molecule has 1 fully saturated rings. The van der Waals surface area contributed by atoms with Gasteiger partial charge in [-0.3, -0.25) is 53.2 Å². The first-order chi connectivity index (χ1) is 23.7. The third-order valence-corrected chi connectivity index (χ3v) is 8.56. The fourth-order valence-corrected chi connectivity index (χ4v) is 5.42. The van der Waals surface area contributed by atoms with Gasteiger partial charge in [-0.05, 0) is 25.2 Å². The van der Waals surface area contributed by atoms with E-state index < -0.39 is 35.8 Å². The van der Waals surface area contributed by atoms with E-state index in [0.717, 1.165) is 19.3 Å². The van der Waals surface area contributed by atoms with Crippen molar-refractivity contribution in [2.45, 2.75) is 64.8 Å². The Morgan fingerprint density at radius 1 is 0.560 bits per heavy atom. The van der Waals surface area contributed by atoms with Crippen molar-refractivity contribution in [1.82, 2.24) is 35.6 Å². The van der Waals surface area contributed by atoms with E-state index in [-0.39, 0.29) is 123 Å². The lowest BCUT2D eigenvalue weighted by Crippen LogP contribution is -2.52.